The molecule has 0 radical (unpaired) electrons. The van der Waals surface area contributed by atoms with Crippen molar-refractivity contribution in [3.8, 4) is 0 Å². The van der Waals surface area contributed by atoms with E-state index in [0.29, 0.717) is 13.0 Å². The van der Waals surface area contributed by atoms with Crippen LogP contribution in [0, 0.1) is 10.8 Å². The van der Waals surface area contributed by atoms with Gasteiger partial charge in [0.25, 0.3) is 0 Å². The second-order valence-electron chi connectivity index (χ2n) is 7.59. The first-order valence-corrected chi connectivity index (χ1v) is 7.92. The van der Waals surface area contributed by atoms with Gasteiger partial charge in [-0.3, -0.25) is 4.79 Å². The van der Waals surface area contributed by atoms with Gasteiger partial charge < -0.3 is 15.7 Å². The van der Waals surface area contributed by atoms with Gasteiger partial charge >= 0.3 is 12.0 Å². The van der Waals surface area contributed by atoms with Crippen LogP contribution in [-0.2, 0) is 4.79 Å². The standard InChI is InChI=1S/C16H30N2O3/c1-5-16(7-6-8-16)11-17-14(21)18-12(9-13(19)20)10-15(2,3)4/h12H,5-11H2,1-4H3,(H,19,20)(H2,17,18,21). The molecule has 1 unspecified atom stereocenters. The monoisotopic (exact) mass is 298 g/mol. The van der Waals surface area contributed by atoms with Crippen LogP contribution in [0.3, 0.4) is 0 Å². The molecule has 5 heteroatoms. The van der Waals surface area contributed by atoms with E-state index < -0.39 is 5.97 Å². The van der Waals surface area contributed by atoms with E-state index in [1.54, 1.807) is 0 Å². The van der Waals surface area contributed by atoms with Crippen LogP contribution >= 0.6 is 0 Å². The molecule has 1 aliphatic rings. The smallest absolute Gasteiger partial charge is 0.315 e. The zero-order valence-corrected chi connectivity index (χ0v) is 13.8. The second kappa shape index (κ2) is 7.14. The molecule has 0 bridgehead atoms. The van der Waals surface area contributed by atoms with Crippen molar-refractivity contribution in [1.82, 2.24) is 10.6 Å². The number of carboxylic acids is 1. The number of rotatable bonds is 7. The van der Waals surface area contributed by atoms with E-state index in [9.17, 15) is 9.59 Å². The van der Waals surface area contributed by atoms with Gasteiger partial charge in [-0.15, -0.1) is 0 Å². The Bertz CT molecular complexity index is 365. The molecule has 1 rings (SSSR count). The summed E-state index contributed by atoms with van der Waals surface area (Å²) in [4.78, 5) is 22.9. The zero-order valence-electron chi connectivity index (χ0n) is 13.8. The number of hydrogen-bond acceptors (Lipinski definition) is 2. The summed E-state index contributed by atoms with van der Waals surface area (Å²) < 4.78 is 0. The third-order valence-electron chi connectivity index (χ3n) is 4.40. The number of carbonyl (C=O) groups excluding carboxylic acids is 1. The molecule has 0 aromatic heterocycles. The summed E-state index contributed by atoms with van der Waals surface area (Å²) in [5.41, 5.74) is 0.246. The van der Waals surface area contributed by atoms with Gasteiger partial charge in [0.15, 0.2) is 0 Å². The molecule has 3 N–H and O–H groups in total. The minimum atomic E-state index is -0.881. The first kappa shape index (κ1) is 17.8. The van der Waals surface area contributed by atoms with Crippen LogP contribution in [0.4, 0.5) is 4.79 Å². The third-order valence-corrected chi connectivity index (χ3v) is 4.40. The van der Waals surface area contributed by atoms with E-state index in [4.69, 9.17) is 5.11 Å². The summed E-state index contributed by atoms with van der Waals surface area (Å²) in [6.07, 6.45) is 5.26. The molecule has 0 saturated heterocycles. The molecule has 1 saturated carbocycles. The maximum absolute atomic E-state index is 12.0. The third kappa shape index (κ3) is 6.36. The van der Waals surface area contributed by atoms with Crippen LogP contribution in [-0.4, -0.2) is 29.7 Å². The SMILES string of the molecule is CCC1(CNC(=O)NC(CC(=O)O)CC(C)(C)C)CCC1. The maximum Gasteiger partial charge on any atom is 0.315 e. The van der Waals surface area contributed by atoms with E-state index in [-0.39, 0.29) is 29.3 Å². The Labute approximate surface area is 127 Å². The topological polar surface area (TPSA) is 78.4 Å². The zero-order chi connectivity index (χ0) is 16.1. The van der Waals surface area contributed by atoms with Crippen molar-refractivity contribution in [1.29, 1.82) is 0 Å². The van der Waals surface area contributed by atoms with Crippen LogP contribution in [0.15, 0.2) is 0 Å². The highest BCUT2D eigenvalue weighted by Crippen LogP contribution is 2.42. The highest BCUT2D eigenvalue weighted by molar-refractivity contribution is 5.75. The van der Waals surface area contributed by atoms with Crippen LogP contribution in [0.25, 0.3) is 0 Å². The molecule has 1 fully saturated rings. The van der Waals surface area contributed by atoms with Gasteiger partial charge in [0.05, 0.1) is 6.42 Å². The van der Waals surface area contributed by atoms with E-state index in [1.165, 1.54) is 19.3 Å². The van der Waals surface area contributed by atoms with Crippen molar-refractivity contribution in [3.05, 3.63) is 0 Å². The fraction of sp³-hybridized carbons (Fsp3) is 0.875. The normalized spacial score (nSPS) is 18.5. The minimum absolute atomic E-state index is 0.0218. The minimum Gasteiger partial charge on any atom is -0.481 e. The van der Waals surface area contributed by atoms with Crippen LogP contribution in [0.1, 0.15) is 66.2 Å². The maximum atomic E-state index is 12.0. The quantitative estimate of drug-likeness (QED) is 0.675. The highest BCUT2D eigenvalue weighted by Gasteiger charge is 2.35. The number of amides is 2. The predicted molar refractivity (Wildman–Crippen MR) is 83.2 cm³/mol. The average molecular weight is 298 g/mol. The van der Waals surface area contributed by atoms with Gasteiger partial charge in [-0.05, 0) is 36.5 Å². The van der Waals surface area contributed by atoms with E-state index in [0.717, 1.165) is 6.42 Å². The highest BCUT2D eigenvalue weighted by atomic mass is 16.4. The fourth-order valence-corrected chi connectivity index (χ4v) is 2.96. The van der Waals surface area contributed by atoms with Crippen molar-refractivity contribution in [2.75, 3.05) is 6.54 Å². The van der Waals surface area contributed by atoms with Crippen molar-refractivity contribution < 1.29 is 14.7 Å². The fourth-order valence-electron chi connectivity index (χ4n) is 2.96. The molecule has 0 aromatic carbocycles. The van der Waals surface area contributed by atoms with E-state index in [1.807, 2.05) is 20.8 Å². The van der Waals surface area contributed by atoms with Crippen molar-refractivity contribution in [2.24, 2.45) is 10.8 Å². The molecule has 0 aromatic rings. The average Bonchev–Trinajstić information content (AvgIpc) is 2.24. The number of nitrogens with one attached hydrogen (secondary N) is 2. The summed E-state index contributed by atoms with van der Waals surface area (Å²) in [6, 6.07) is -0.577. The lowest BCUT2D eigenvalue weighted by Crippen LogP contribution is -2.49. The molecular weight excluding hydrogens is 268 g/mol. The second-order valence-corrected chi connectivity index (χ2v) is 7.59. The number of aliphatic carboxylic acids is 1. The van der Waals surface area contributed by atoms with Gasteiger partial charge in [0, 0.05) is 12.6 Å². The molecular formula is C16H30N2O3. The molecule has 0 spiro atoms. The van der Waals surface area contributed by atoms with Gasteiger partial charge in [-0.25, -0.2) is 4.79 Å². The number of urea groups is 1. The van der Waals surface area contributed by atoms with Crippen molar-refractivity contribution >= 4 is 12.0 Å². The molecule has 122 valence electrons. The predicted octanol–water partition coefficient (Wildman–Crippen LogP) is 3.15. The molecule has 2 amide bonds. The Balaban J connectivity index is 2.45. The summed E-state index contributed by atoms with van der Waals surface area (Å²) in [6.45, 7) is 8.97. The van der Waals surface area contributed by atoms with Gasteiger partial charge in [-0.2, -0.15) is 0 Å². The van der Waals surface area contributed by atoms with Gasteiger partial charge in [0.1, 0.15) is 0 Å². The van der Waals surface area contributed by atoms with Crippen LogP contribution < -0.4 is 10.6 Å². The molecule has 0 heterocycles. The van der Waals surface area contributed by atoms with Crippen LogP contribution in [0.2, 0.25) is 0 Å². The summed E-state index contributed by atoms with van der Waals surface area (Å²) >= 11 is 0. The Morgan fingerprint density at radius 1 is 1.29 bits per heavy atom. The molecule has 0 aliphatic heterocycles. The largest absolute Gasteiger partial charge is 0.481 e. The van der Waals surface area contributed by atoms with Crippen molar-refractivity contribution in [3.63, 3.8) is 0 Å². The van der Waals surface area contributed by atoms with Crippen molar-refractivity contribution in [2.45, 2.75) is 72.3 Å². The van der Waals surface area contributed by atoms with Gasteiger partial charge in [-0.1, -0.05) is 34.1 Å². The van der Waals surface area contributed by atoms with Crippen LogP contribution in [0.5, 0.6) is 0 Å². The Kier molecular flexibility index (Phi) is 6.05. The number of carbonyl (C=O) groups is 2. The molecule has 1 aliphatic carbocycles. The summed E-state index contributed by atoms with van der Waals surface area (Å²) in [7, 11) is 0. The first-order chi connectivity index (χ1) is 9.66. The van der Waals surface area contributed by atoms with Gasteiger partial charge in [0.2, 0.25) is 0 Å². The lowest BCUT2D eigenvalue weighted by atomic mass is 9.67. The molecule has 5 nitrogen and oxygen atoms in total. The molecule has 21 heavy (non-hydrogen) atoms. The Morgan fingerprint density at radius 3 is 2.29 bits per heavy atom. The van der Waals surface area contributed by atoms with E-state index >= 15 is 0 Å². The lowest BCUT2D eigenvalue weighted by Gasteiger charge is -2.41. The Morgan fingerprint density at radius 2 is 1.90 bits per heavy atom. The number of hydrogen-bond donors (Lipinski definition) is 3. The Hall–Kier alpha value is -1.26. The molecule has 1 atom stereocenters. The van der Waals surface area contributed by atoms with E-state index in [2.05, 4.69) is 17.6 Å². The summed E-state index contributed by atoms with van der Waals surface area (Å²) in [5, 5.41) is 14.7. The summed E-state index contributed by atoms with van der Waals surface area (Å²) in [5.74, 6) is -0.881. The lowest BCUT2D eigenvalue weighted by molar-refractivity contribution is -0.137. The number of carboxylic acid groups (broad SMARTS) is 1. The first-order valence-electron chi connectivity index (χ1n) is 7.92.